The largest absolute Gasteiger partial charge is 0.508 e. The molecule has 1 aliphatic carbocycles. The molecule has 1 amide bonds. The molecule has 98 valence electrons. The molecule has 1 aromatic rings. The Balaban J connectivity index is 2.12. The van der Waals surface area contributed by atoms with Crippen LogP contribution in [-0.4, -0.2) is 11.0 Å². The lowest BCUT2D eigenvalue weighted by Gasteiger charge is -2.08. The van der Waals surface area contributed by atoms with Gasteiger partial charge in [0, 0.05) is 17.7 Å². The predicted molar refractivity (Wildman–Crippen MR) is 72.5 cm³/mol. The van der Waals surface area contributed by atoms with Crippen LogP contribution in [0.3, 0.4) is 0 Å². The molecule has 1 aromatic carbocycles. The molecule has 0 bridgehead atoms. The van der Waals surface area contributed by atoms with Crippen LogP contribution in [0.25, 0.3) is 0 Å². The zero-order valence-electron chi connectivity index (χ0n) is 11.7. The van der Waals surface area contributed by atoms with Gasteiger partial charge in [-0.15, -0.1) is 0 Å². The van der Waals surface area contributed by atoms with Gasteiger partial charge in [0.05, 0.1) is 0 Å². The van der Waals surface area contributed by atoms with E-state index in [0.29, 0.717) is 5.69 Å². The van der Waals surface area contributed by atoms with Crippen molar-refractivity contribution >= 4 is 11.6 Å². The number of hydrogen-bond donors (Lipinski definition) is 2. The molecule has 0 atom stereocenters. The Labute approximate surface area is 108 Å². The van der Waals surface area contributed by atoms with E-state index < -0.39 is 0 Å². The number of phenols is 1. The van der Waals surface area contributed by atoms with E-state index in [-0.39, 0.29) is 28.4 Å². The molecule has 3 heteroatoms. The van der Waals surface area contributed by atoms with Gasteiger partial charge in [0.1, 0.15) is 5.75 Å². The molecule has 18 heavy (non-hydrogen) atoms. The zero-order chi connectivity index (χ0) is 13.7. The van der Waals surface area contributed by atoms with Crippen LogP contribution in [0, 0.1) is 23.7 Å². The van der Waals surface area contributed by atoms with E-state index >= 15 is 0 Å². The Bertz CT molecular complexity index is 489. The molecule has 3 nitrogen and oxygen atoms in total. The highest BCUT2D eigenvalue weighted by molar-refractivity contribution is 5.96. The van der Waals surface area contributed by atoms with Gasteiger partial charge in [-0.3, -0.25) is 4.79 Å². The number of anilines is 1. The number of nitrogens with one attached hydrogen (secondary N) is 1. The summed E-state index contributed by atoms with van der Waals surface area (Å²) in [5.74, 6) is 0.267. The molecule has 0 aromatic heterocycles. The highest BCUT2D eigenvalue weighted by Crippen LogP contribution is 2.68. The first-order valence-corrected chi connectivity index (χ1v) is 6.28. The van der Waals surface area contributed by atoms with E-state index in [4.69, 9.17) is 0 Å². The van der Waals surface area contributed by atoms with Gasteiger partial charge in [0.25, 0.3) is 0 Å². The second-order valence-electron chi connectivity index (χ2n) is 6.37. The van der Waals surface area contributed by atoms with Gasteiger partial charge in [-0.2, -0.15) is 0 Å². The summed E-state index contributed by atoms with van der Waals surface area (Å²) in [5, 5.41) is 12.5. The molecule has 0 unspecified atom stereocenters. The molecule has 2 rings (SSSR count). The third-order valence-electron chi connectivity index (χ3n) is 4.76. The predicted octanol–water partition coefficient (Wildman–Crippen LogP) is 3.32. The summed E-state index contributed by atoms with van der Waals surface area (Å²) in [6.45, 7) is 10.3. The maximum Gasteiger partial charge on any atom is 0.228 e. The van der Waals surface area contributed by atoms with Crippen molar-refractivity contribution in [3.8, 4) is 5.75 Å². The van der Waals surface area contributed by atoms with Crippen molar-refractivity contribution in [1.82, 2.24) is 0 Å². The van der Waals surface area contributed by atoms with E-state index in [2.05, 4.69) is 33.0 Å². The Morgan fingerprint density at radius 1 is 1.22 bits per heavy atom. The van der Waals surface area contributed by atoms with Crippen molar-refractivity contribution in [2.45, 2.75) is 34.6 Å². The van der Waals surface area contributed by atoms with Gasteiger partial charge in [-0.25, -0.2) is 0 Å². The van der Waals surface area contributed by atoms with Gasteiger partial charge >= 0.3 is 0 Å². The SMILES string of the molecule is Cc1ccc(NC(=O)C2C(C)(C)C2(C)C)cc1O. The number of phenolic OH excluding ortho intramolecular Hbond substituents is 1. The summed E-state index contributed by atoms with van der Waals surface area (Å²) in [5.41, 5.74) is 1.52. The maximum atomic E-state index is 12.2. The van der Waals surface area contributed by atoms with Crippen LogP contribution >= 0.6 is 0 Å². The third kappa shape index (κ3) is 1.78. The second-order valence-corrected chi connectivity index (χ2v) is 6.37. The van der Waals surface area contributed by atoms with Crippen LogP contribution in [0.2, 0.25) is 0 Å². The molecule has 1 fully saturated rings. The number of aryl methyl sites for hydroxylation is 1. The quantitative estimate of drug-likeness (QED) is 0.842. The summed E-state index contributed by atoms with van der Waals surface area (Å²) in [7, 11) is 0. The summed E-state index contributed by atoms with van der Waals surface area (Å²) in [6.07, 6.45) is 0. The first kappa shape index (κ1) is 12.9. The number of amides is 1. The normalized spacial score (nSPS) is 20.5. The lowest BCUT2D eigenvalue weighted by Crippen LogP contribution is -2.17. The Morgan fingerprint density at radius 2 is 1.78 bits per heavy atom. The topological polar surface area (TPSA) is 49.3 Å². The monoisotopic (exact) mass is 247 g/mol. The first-order chi connectivity index (χ1) is 8.18. The van der Waals surface area contributed by atoms with Crippen LogP contribution in [0.15, 0.2) is 18.2 Å². The van der Waals surface area contributed by atoms with Crippen LogP contribution < -0.4 is 5.32 Å². The molecule has 2 N–H and O–H groups in total. The fraction of sp³-hybridized carbons (Fsp3) is 0.533. The molecular formula is C15H21NO2. The summed E-state index contributed by atoms with van der Waals surface area (Å²) >= 11 is 0. The zero-order valence-corrected chi connectivity index (χ0v) is 11.7. The summed E-state index contributed by atoms with van der Waals surface area (Å²) in [4.78, 5) is 12.2. The minimum Gasteiger partial charge on any atom is -0.508 e. The van der Waals surface area contributed by atoms with Gasteiger partial charge in [-0.1, -0.05) is 33.8 Å². The first-order valence-electron chi connectivity index (χ1n) is 6.28. The van der Waals surface area contributed by atoms with Crippen LogP contribution in [0.4, 0.5) is 5.69 Å². The van der Waals surface area contributed by atoms with Crippen molar-refractivity contribution < 1.29 is 9.90 Å². The number of carbonyl (C=O) groups is 1. The summed E-state index contributed by atoms with van der Waals surface area (Å²) < 4.78 is 0. The Kier molecular flexibility index (Phi) is 2.69. The highest BCUT2D eigenvalue weighted by atomic mass is 16.3. The van der Waals surface area contributed by atoms with Crippen molar-refractivity contribution in [2.24, 2.45) is 16.7 Å². The number of rotatable bonds is 2. The number of carbonyl (C=O) groups excluding carboxylic acids is 1. The van der Waals surface area contributed by atoms with Gasteiger partial charge in [-0.05, 0) is 29.4 Å². The van der Waals surface area contributed by atoms with Crippen molar-refractivity contribution in [3.05, 3.63) is 23.8 Å². The molecule has 0 spiro atoms. The van der Waals surface area contributed by atoms with E-state index in [1.165, 1.54) is 0 Å². The van der Waals surface area contributed by atoms with E-state index in [1.807, 2.05) is 13.0 Å². The van der Waals surface area contributed by atoms with Crippen molar-refractivity contribution in [1.29, 1.82) is 0 Å². The van der Waals surface area contributed by atoms with E-state index in [1.54, 1.807) is 12.1 Å². The average molecular weight is 247 g/mol. The molecule has 1 saturated carbocycles. The minimum absolute atomic E-state index is 0.0217. The van der Waals surface area contributed by atoms with Crippen LogP contribution in [-0.2, 0) is 4.79 Å². The lowest BCUT2D eigenvalue weighted by atomic mass is 10.0. The van der Waals surface area contributed by atoms with E-state index in [0.717, 1.165) is 5.56 Å². The number of benzene rings is 1. The summed E-state index contributed by atoms with van der Waals surface area (Å²) in [6, 6.07) is 5.21. The second kappa shape index (κ2) is 3.74. The number of hydrogen-bond acceptors (Lipinski definition) is 2. The Morgan fingerprint density at radius 3 is 2.22 bits per heavy atom. The van der Waals surface area contributed by atoms with Crippen LogP contribution in [0.1, 0.15) is 33.3 Å². The van der Waals surface area contributed by atoms with Crippen molar-refractivity contribution in [2.75, 3.05) is 5.32 Å². The number of aromatic hydroxyl groups is 1. The standard InChI is InChI=1S/C15H21NO2/c1-9-6-7-10(8-11(9)17)16-13(18)12-14(2,3)15(12,4)5/h6-8,12,17H,1-5H3,(H,16,18). The van der Waals surface area contributed by atoms with E-state index in [9.17, 15) is 9.90 Å². The van der Waals surface area contributed by atoms with Gasteiger partial charge < -0.3 is 10.4 Å². The molecular weight excluding hydrogens is 226 g/mol. The fourth-order valence-corrected chi connectivity index (χ4v) is 2.75. The third-order valence-corrected chi connectivity index (χ3v) is 4.76. The smallest absolute Gasteiger partial charge is 0.228 e. The van der Waals surface area contributed by atoms with Gasteiger partial charge in [0.2, 0.25) is 5.91 Å². The lowest BCUT2D eigenvalue weighted by molar-refractivity contribution is -0.118. The van der Waals surface area contributed by atoms with Crippen LogP contribution in [0.5, 0.6) is 5.75 Å². The molecule has 1 aliphatic rings. The van der Waals surface area contributed by atoms with Gasteiger partial charge in [0.15, 0.2) is 0 Å². The fourth-order valence-electron chi connectivity index (χ4n) is 2.75. The molecule has 0 saturated heterocycles. The maximum absolute atomic E-state index is 12.2. The molecule has 0 heterocycles. The molecule has 0 aliphatic heterocycles. The average Bonchev–Trinajstić information content (AvgIpc) is 2.63. The molecule has 0 radical (unpaired) electrons. The minimum atomic E-state index is 0.0217. The highest BCUT2D eigenvalue weighted by Gasteiger charge is 2.68. The Hall–Kier alpha value is -1.51. The van der Waals surface area contributed by atoms with Crippen molar-refractivity contribution in [3.63, 3.8) is 0 Å².